The second kappa shape index (κ2) is 7.24. The van der Waals surface area contributed by atoms with E-state index in [-0.39, 0.29) is 6.09 Å². The van der Waals surface area contributed by atoms with E-state index in [0.29, 0.717) is 43.1 Å². The van der Waals surface area contributed by atoms with Gasteiger partial charge in [0.05, 0.1) is 13.2 Å². The molecule has 1 atom stereocenters. The van der Waals surface area contributed by atoms with Gasteiger partial charge in [-0.15, -0.1) is 0 Å². The van der Waals surface area contributed by atoms with Crippen molar-refractivity contribution in [3.63, 3.8) is 0 Å². The third kappa shape index (κ3) is 5.10. The van der Waals surface area contributed by atoms with E-state index in [4.69, 9.17) is 21.1 Å². The topological polar surface area (TPSA) is 64.5 Å². The maximum atomic E-state index is 12.0. The third-order valence-electron chi connectivity index (χ3n) is 3.25. The van der Waals surface area contributed by atoms with Gasteiger partial charge in [-0.2, -0.15) is 0 Å². The monoisotopic (exact) mass is 327 g/mol. The molecule has 1 aromatic rings. The Morgan fingerprint density at radius 2 is 2.14 bits per heavy atom. The minimum Gasteiger partial charge on any atom is -0.444 e. The number of halogens is 1. The van der Waals surface area contributed by atoms with E-state index in [2.05, 4.69) is 9.97 Å². The number of carbonyl (C=O) groups excluding carboxylic acids is 1. The minimum absolute atomic E-state index is 0.257. The average molecular weight is 328 g/mol. The molecule has 0 N–H and O–H groups in total. The molecule has 1 saturated heterocycles. The number of aromatic nitrogens is 2. The summed E-state index contributed by atoms with van der Waals surface area (Å²) in [5.74, 6) is 0.308. The lowest BCUT2D eigenvalue weighted by Crippen LogP contribution is -2.35. The molecule has 1 aliphatic heterocycles. The smallest absolute Gasteiger partial charge is 0.410 e. The summed E-state index contributed by atoms with van der Waals surface area (Å²) in [4.78, 5) is 21.8. The molecule has 2 heterocycles. The Bertz CT molecular complexity index is 519. The summed E-state index contributed by atoms with van der Waals surface area (Å²) in [6, 6.07) is 0. The van der Waals surface area contributed by atoms with Crippen molar-refractivity contribution in [2.75, 3.05) is 19.7 Å². The first-order chi connectivity index (χ1) is 10.3. The van der Waals surface area contributed by atoms with Crippen molar-refractivity contribution in [2.45, 2.75) is 39.4 Å². The van der Waals surface area contributed by atoms with E-state index < -0.39 is 5.60 Å². The van der Waals surface area contributed by atoms with E-state index in [9.17, 15) is 4.79 Å². The predicted octanol–water partition coefficient (Wildman–Crippen LogP) is 2.90. The van der Waals surface area contributed by atoms with Gasteiger partial charge in [0.2, 0.25) is 0 Å². The van der Waals surface area contributed by atoms with Crippen LogP contribution in [0.1, 0.15) is 32.9 Å². The van der Waals surface area contributed by atoms with Crippen LogP contribution in [0.2, 0.25) is 5.15 Å². The Morgan fingerprint density at radius 1 is 1.41 bits per heavy atom. The zero-order chi connectivity index (χ0) is 16.2. The number of carbonyl (C=O) groups is 1. The second-order valence-electron chi connectivity index (χ2n) is 6.39. The van der Waals surface area contributed by atoms with Crippen LogP contribution in [0.5, 0.6) is 0 Å². The van der Waals surface area contributed by atoms with E-state index in [0.717, 1.165) is 6.42 Å². The van der Waals surface area contributed by atoms with E-state index in [1.54, 1.807) is 17.3 Å². The van der Waals surface area contributed by atoms with Crippen molar-refractivity contribution in [2.24, 2.45) is 5.92 Å². The summed E-state index contributed by atoms with van der Waals surface area (Å²) >= 11 is 5.92. The molecule has 22 heavy (non-hydrogen) atoms. The number of hydrogen-bond acceptors (Lipinski definition) is 5. The first-order valence-electron chi connectivity index (χ1n) is 7.36. The van der Waals surface area contributed by atoms with Gasteiger partial charge in [-0.25, -0.2) is 9.78 Å². The molecule has 1 amide bonds. The largest absolute Gasteiger partial charge is 0.444 e. The molecule has 7 heteroatoms. The Morgan fingerprint density at radius 3 is 2.82 bits per heavy atom. The number of rotatable bonds is 4. The molecule has 122 valence electrons. The van der Waals surface area contributed by atoms with Crippen LogP contribution in [0, 0.1) is 5.92 Å². The molecule has 1 fully saturated rings. The predicted molar refractivity (Wildman–Crippen MR) is 82.6 cm³/mol. The summed E-state index contributed by atoms with van der Waals surface area (Å²) in [6.07, 6.45) is 3.78. The van der Waals surface area contributed by atoms with Crippen molar-refractivity contribution in [1.29, 1.82) is 0 Å². The molecule has 0 saturated carbocycles. The Hall–Kier alpha value is -1.40. The van der Waals surface area contributed by atoms with Crippen LogP contribution >= 0.6 is 11.6 Å². The lowest BCUT2D eigenvalue weighted by atomic mass is 10.1. The highest BCUT2D eigenvalue weighted by Crippen LogP contribution is 2.20. The molecule has 6 nitrogen and oxygen atoms in total. The normalized spacial score (nSPS) is 18.5. The van der Waals surface area contributed by atoms with Crippen LogP contribution < -0.4 is 0 Å². The zero-order valence-electron chi connectivity index (χ0n) is 13.2. The quantitative estimate of drug-likeness (QED) is 0.850. The molecule has 0 unspecified atom stereocenters. The van der Waals surface area contributed by atoms with Gasteiger partial charge < -0.3 is 14.4 Å². The van der Waals surface area contributed by atoms with Crippen molar-refractivity contribution < 1.29 is 14.3 Å². The molecule has 0 aromatic carbocycles. The number of hydrogen-bond donors (Lipinski definition) is 0. The summed E-state index contributed by atoms with van der Waals surface area (Å²) in [5.41, 5.74) is 0.167. The fourth-order valence-electron chi connectivity index (χ4n) is 2.23. The first-order valence-corrected chi connectivity index (χ1v) is 7.74. The van der Waals surface area contributed by atoms with E-state index >= 15 is 0 Å². The van der Waals surface area contributed by atoms with Crippen molar-refractivity contribution in [3.05, 3.63) is 23.2 Å². The van der Waals surface area contributed by atoms with Gasteiger partial charge >= 0.3 is 6.09 Å². The van der Waals surface area contributed by atoms with Crippen molar-refractivity contribution in [1.82, 2.24) is 14.9 Å². The number of ether oxygens (including phenoxy) is 2. The molecular formula is C15H22ClN3O3. The van der Waals surface area contributed by atoms with Gasteiger partial charge in [-0.1, -0.05) is 11.6 Å². The van der Waals surface area contributed by atoms with E-state index in [1.807, 2.05) is 20.8 Å². The van der Waals surface area contributed by atoms with E-state index in [1.165, 1.54) is 0 Å². The zero-order valence-corrected chi connectivity index (χ0v) is 14.0. The van der Waals surface area contributed by atoms with Crippen LogP contribution in [0.15, 0.2) is 12.4 Å². The Kier molecular flexibility index (Phi) is 5.58. The lowest BCUT2D eigenvalue weighted by molar-refractivity contribution is 0.0271. The molecule has 0 aliphatic carbocycles. The van der Waals surface area contributed by atoms with Gasteiger partial charge in [0.25, 0.3) is 0 Å². The van der Waals surface area contributed by atoms with Crippen LogP contribution in [-0.2, 0) is 16.1 Å². The van der Waals surface area contributed by atoms with Gasteiger partial charge in [0, 0.05) is 31.4 Å². The first kappa shape index (κ1) is 17.0. The van der Waals surface area contributed by atoms with Crippen LogP contribution in [-0.4, -0.2) is 46.3 Å². The van der Waals surface area contributed by atoms with Crippen LogP contribution in [0.25, 0.3) is 0 Å². The minimum atomic E-state index is -0.464. The van der Waals surface area contributed by atoms with Crippen molar-refractivity contribution >= 4 is 17.7 Å². The second-order valence-corrected chi connectivity index (χ2v) is 6.75. The van der Waals surface area contributed by atoms with Crippen LogP contribution in [0.4, 0.5) is 4.79 Å². The molecule has 2 rings (SSSR count). The van der Waals surface area contributed by atoms with Gasteiger partial charge in [0.15, 0.2) is 5.15 Å². The van der Waals surface area contributed by atoms with Gasteiger partial charge in [-0.3, -0.25) is 4.98 Å². The molecule has 0 spiro atoms. The number of nitrogens with zero attached hydrogens (tertiary/aromatic N) is 3. The molecule has 1 aliphatic rings. The van der Waals surface area contributed by atoms with Gasteiger partial charge in [0.1, 0.15) is 11.3 Å². The molecule has 0 radical (unpaired) electrons. The average Bonchev–Trinajstić information content (AvgIpc) is 2.88. The summed E-state index contributed by atoms with van der Waals surface area (Å²) in [5, 5.41) is 0.365. The highest BCUT2D eigenvalue weighted by atomic mass is 35.5. The highest BCUT2D eigenvalue weighted by Gasteiger charge is 2.29. The summed E-state index contributed by atoms with van der Waals surface area (Å²) in [6.45, 7) is 7.85. The Balaban J connectivity index is 1.73. The molecular weight excluding hydrogens is 306 g/mol. The maximum absolute atomic E-state index is 12.0. The Labute approximate surface area is 135 Å². The fraction of sp³-hybridized carbons (Fsp3) is 0.667. The standard InChI is InChI=1S/C15H22ClN3O3/c1-15(2,3)22-14(20)19-7-4-11(8-19)9-21-10-12-13(16)18-6-5-17-12/h5-6,11H,4,7-10H2,1-3H3/t11-/m1/s1. The SMILES string of the molecule is CC(C)(C)OC(=O)N1CC[C@@H](COCc2nccnc2Cl)C1. The number of likely N-dealkylation sites (tertiary alicyclic amines) is 1. The molecule has 1 aromatic heterocycles. The lowest BCUT2D eigenvalue weighted by Gasteiger charge is -2.24. The maximum Gasteiger partial charge on any atom is 0.410 e. The van der Waals surface area contributed by atoms with Crippen LogP contribution in [0.3, 0.4) is 0 Å². The fourth-order valence-corrected chi connectivity index (χ4v) is 2.39. The third-order valence-corrected chi connectivity index (χ3v) is 3.57. The number of amides is 1. The van der Waals surface area contributed by atoms with Gasteiger partial charge in [-0.05, 0) is 27.2 Å². The summed E-state index contributed by atoms with van der Waals surface area (Å²) in [7, 11) is 0. The highest BCUT2D eigenvalue weighted by molar-refractivity contribution is 6.29. The van der Waals surface area contributed by atoms with Crippen molar-refractivity contribution in [3.8, 4) is 0 Å². The summed E-state index contributed by atoms with van der Waals surface area (Å²) < 4.78 is 11.0. The molecule has 0 bridgehead atoms.